The van der Waals surface area contributed by atoms with Gasteiger partial charge >= 0.3 is 0 Å². The van der Waals surface area contributed by atoms with Crippen molar-refractivity contribution in [2.75, 3.05) is 7.05 Å². The van der Waals surface area contributed by atoms with Gasteiger partial charge in [0.2, 0.25) is 0 Å². The van der Waals surface area contributed by atoms with E-state index in [1.54, 1.807) is 11.3 Å². The van der Waals surface area contributed by atoms with Crippen LogP contribution in [-0.4, -0.2) is 19.2 Å². The molecule has 102 valence electrons. The highest BCUT2D eigenvalue weighted by Gasteiger charge is 2.17. The van der Waals surface area contributed by atoms with E-state index < -0.39 is 0 Å². The van der Waals surface area contributed by atoms with Gasteiger partial charge in [-0.3, -0.25) is 0 Å². The number of likely N-dealkylation sites (N-methyl/N-ethyl adjacent to an activating group) is 1. The maximum absolute atomic E-state index is 5.96. The lowest BCUT2D eigenvalue weighted by molar-refractivity contribution is 0.174. The molecule has 2 unspecified atom stereocenters. The zero-order valence-electron chi connectivity index (χ0n) is 11.1. The van der Waals surface area contributed by atoms with Crippen molar-refractivity contribution in [2.45, 2.75) is 25.5 Å². The van der Waals surface area contributed by atoms with E-state index in [4.69, 9.17) is 16.3 Å². The molecule has 0 aliphatic carbocycles. The van der Waals surface area contributed by atoms with Crippen LogP contribution in [-0.2, 0) is 6.42 Å². The summed E-state index contributed by atoms with van der Waals surface area (Å²) in [5.74, 6) is 0.811. The van der Waals surface area contributed by atoms with Gasteiger partial charge in [-0.15, -0.1) is 0 Å². The normalized spacial score (nSPS) is 14.1. The maximum atomic E-state index is 5.96. The molecule has 0 fully saturated rings. The first-order valence-corrected chi connectivity index (χ1v) is 7.61. The second kappa shape index (κ2) is 6.94. The fourth-order valence-electron chi connectivity index (χ4n) is 2.00. The third-order valence-electron chi connectivity index (χ3n) is 3.09. The minimum Gasteiger partial charge on any atom is -0.489 e. The molecule has 0 radical (unpaired) electrons. The van der Waals surface area contributed by atoms with Crippen molar-refractivity contribution in [3.8, 4) is 5.75 Å². The fourth-order valence-corrected chi connectivity index (χ4v) is 2.86. The van der Waals surface area contributed by atoms with Crippen LogP contribution in [0.3, 0.4) is 0 Å². The summed E-state index contributed by atoms with van der Waals surface area (Å²) in [6.45, 7) is 2.08. The first-order valence-electron chi connectivity index (χ1n) is 6.29. The molecule has 0 aliphatic heterocycles. The maximum Gasteiger partial charge on any atom is 0.121 e. The lowest BCUT2D eigenvalue weighted by Gasteiger charge is -2.24. The molecule has 2 nitrogen and oxygen atoms in total. The Hall–Kier alpha value is -1.03. The molecule has 0 bridgehead atoms. The summed E-state index contributed by atoms with van der Waals surface area (Å²) in [6.07, 6.45) is 1.03. The van der Waals surface area contributed by atoms with E-state index in [9.17, 15) is 0 Å². The molecule has 2 rings (SSSR count). The zero-order chi connectivity index (χ0) is 13.7. The van der Waals surface area contributed by atoms with Gasteiger partial charge in [-0.2, -0.15) is 11.3 Å². The van der Waals surface area contributed by atoms with E-state index in [2.05, 4.69) is 29.1 Å². The third kappa shape index (κ3) is 4.23. The summed E-state index contributed by atoms with van der Waals surface area (Å²) in [4.78, 5) is 0. The topological polar surface area (TPSA) is 21.3 Å². The van der Waals surface area contributed by atoms with E-state index in [-0.39, 0.29) is 12.1 Å². The monoisotopic (exact) mass is 295 g/mol. The standard InChI is InChI=1S/C15H18ClNOS/c1-11(18-14-5-3-4-13(16)9-14)15(17-2)8-12-6-7-19-10-12/h3-7,9-11,15,17H,8H2,1-2H3. The molecule has 1 aromatic carbocycles. The second-order valence-electron chi connectivity index (χ2n) is 4.51. The summed E-state index contributed by atoms with van der Waals surface area (Å²) in [6, 6.07) is 9.95. The van der Waals surface area contributed by atoms with Gasteiger partial charge in [-0.1, -0.05) is 17.7 Å². The minimum absolute atomic E-state index is 0.0726. The Morgan fingerprint density at radius 1 is 1.37 bits per heavy atom. The Morgan fingerprint density at radius 2 is 2.21 bits per heavy atom. The lowest BCUT2D eigenvalue weighted by Crippen LogP contribution is -2.41. The Labute approximate surface area is 123 Å². The van der Waals surface area contributed by atoms with Gasteiger partial charge in [-0.05, 0) is 61.0 Å². The average Bonchev–Trinajstić information content (AvgIpc) is 2.88. The number of benzene rings is 1. The summed E-state index contributed by atoms with van der Waals surface area (Å²) in [5, 5.41) is 8.30. The highest BCUT2D eigenvalue weighted by molar-refractivity contribution is 7.07. The Morgan fingerprint density at radius 3 is 2.84 bits per heavy atom. The highest BCUT2D eigenvalue weighted by atomic mass is 35.5. The molecule has 0 saturated heterocycles. The van der Waals surface area contributed by atoms with Crippen LogP contribution in [0.4, 0.5) is 0 Å². The Balaban J connectivity index is 1.98. The number of rotatable bonds is 6. The van der Waals surface area contributed by atoms with E-state index in [1.807, 2.05) is 31.3 Å². The Bertz CT molecular complexity index is 501. The summed E-state index contributed by atoms with van der Waals surface area (Å²) >= 11 is 7.69. The molecular weight excluding hydrogens is 278 g/mol. The molecule has 1 aromatic heterocycles. The van der Waals surface area contributed by atoms with Crippen molar-refractivity contribution < 1.29 is 4.74 Å². The largest absolute Gasteiger partial charge is 0.489 e. The summed E-state index contributed by atoms with van der Waals surface area (Å²) in [7, 11) is 1.97. The molecule has 1 N–H and O–H groups in total. The quantitative estimate of drug-likeness (QED) is 0.870. The van der Waals surface area contributed by atoms with Crippen molar-refractivity contribution in [1.29, 1.82) is 0 Å². The minimum atomic E-state index is 0.0726. The van der Waals surface area contributed by atoms with Crippen LogP contribution in [0.5, 0.6) is 5.75 Å². The van der Waals surface area contributed by atoms with Gasteiger partial charge < -0.3 is 10.1 Å². The van der Waals surface area contributed by atoms with Crippen LogP contribution in [0.15, 0.2) is 41.1 Å². The van der Waals surface area contributed by atoms with Crippen LogP contribution < -0.4 is 10.1 Å². The van der Waals surface area contributed by atoms with E-state index >= 15 is 0 Å². The summed E-state index contributed by atoms with van der Waals surface area (Å²) in [5.41, 5.74) is 1.34. The van der Waals surface area contributed by atoms with E-state index in [1.165, 1.54) is 5.56 Å². The predicted molar refractivity (Wildman–Crippen MR) is 82.4 cm³/mol. The molecular formula is C15H18ClNOS. The second-order valence-corrected chi connectivity index (χ2v) is 5.73. The number of ether oxygens (including phenoxy) is 1. The van der Waals surface area contributed by atoms with Gasteiger partial charge in [0.1, 0.15) is 11.9 Å². The van der Waals surface area contributed by atoms with Crippen LogP contribution in [0.1, 0.15) is 12.5 Å². The highest BCUT2D eigenvalue weighted by Crippen LogP contribution is 2.20. The van der Waals surface area contributed by atoms with Crippen molar-refractivity contribution >= 4 is 22.9 Å². The molecule has 4 heteroatoms. The van der Waals surface area contributed by atoms with Gasteiger partial charge in [0.05, 0.1) is 0 Å². The first-order chi connectivity index (χ1) is 9.19. The van der Waals surface area contributed by atoms with Crippen LogP contribution in [0, 0.1) is 0 Å². The van der Waals surface area contributed by atoms with Gasteiger partial charge in [0.15, 0.2) is 0 Å². The van der Waals surface area contributed by atoms with Gasteiger partial charge in [-0.25, -0.2) is 0 Å². The molecule has 0 amide bonds. The number of thiophene rings is 1. The SMILES string of the molecule is CNC(Cc1ccsc1)C(C)Oc1cccc(Cl)c1. The van der Waals surface area contributed by atoms with E-state index in [0.29, 0.717) is 5.02 Å². The lowest BCUT2D eigenvalue weighted by atomic mass is 10.0. The number of halogens is 1. The van der Waals surface area contributed by atoms with Crippen molar-refractivity contribution in [1.82, 2.24) is 5.32 Å². The smallest absolute Gasteiger partial charge is 0.121 e. The summed E-state index contributed by atoms with van der Waals surface area (Å²) < 4.78 is 5.95. The first kappa shape index (κ1) is 14.4. The Kier molecular flexibility index (Phi) is 5.25. The van der Waals surface area contributed by atoms with Crippen LogP contribution in [0.25, 0.3) is 0 Å². The predicted octanol–water partition coefficient (Wildman–Crippen LogP) is 4.00. The molecule has 2 atom stereocenters. The number of nitrogens with one attached hydrogen (secondary N) is 1. The van der Waals surface area contributed by atoms with Crippen molar-refractivity contribution in [2.24, 2.45) is 0 Å². The van der Waals surface area contributed by atoms with Crippen LogP contribution in [0.2, 0.25) is 5.02 Å². The number of hydrogen-bond donors (Lipinski definition) is 1. The molecule has 0 spiro atoms. The zero-order valence-corrected chi connectivity index (χ0v) is 12.7. The molecule has 19 heavy (non-hydrogen) atoms. The molecule has 2 aromatic rings. The molecule has 1 heterocycles. The van der Waals surface area contributed by atoms with Gasteiger partial charge in [0, 0.05) is 11.1 Å². The van der Waals surface area contributed by atoms with Gasteiger partial charge in [0.25, 0.3) is 0 Å². The fraction of sp³-hybridized carbons (Fsp3) is 0.333. The van der Waals surface area contributed by atoms with Crippen molar-refractivity contribution in [3.63, 3.8) is 0 Å². The average molecular weight is 296 g/mol. The van der Waals surface area contributed by atoms with Crippen LogP contribution >= 0.6 is 22.9 Å². The molecule has 0 aliphatic rings. The van der Waals surface area contributed by atoms with E-state index in [0.717, 1.165) is 12.2 Å². The third-order valence-corrected chi connectivity index (χ3v) is 4.06. The molecule has 0 saturated carbocycles. The van der Waals surface area contributed by atoms with Crippen molar-refractivity contribution in [3.05, 3.63) is 51.7 Å². The number of hydrogen-bond acceptors (Lipinski definition) is 3.